The van der Waals surface area contributed by atoms with Crippen LogP contribution in [0, 0.1) is 12.8 Å². The van der Waals surface area contributed by atoms with Gasteiger partial charge in [-0.3, -0.25) is 4.79 Å². The van der Waals surface area contributed by atoms with E-state index in [2.05, 4.69) is 5.32 Å². The monoisotopic (exact) mass is 314 g/mol. The Morgan fingerprint density at radius 3 is 2.24 bits per heavy atom. The SMILES string of the molecule is COc1cc(C(=O)NC(CN)C2CC2)cc(OC)c1C.Cl. The first kappa shape index (κ1) is 17.6. The highest BCUT2D eigenvalue weighted by Crippen LogP contribution is 2.33. The summed E-state index contributed by atoms with van der Waals surface area (Å²) in [6.45, 7) is 2.36. The van der Waals surface area contributed by atoms with Crippen LogP contribution in [0.25, 0.3) is 0 Å². The third-order valence-corrected chi connectivity index (χ3v) is 3.78. The van der Waals surface area contributed by atoms with Crippen LogP contribution in [0.3, 0.4) is 0 Å². The van der Waals surface area contributed by atoms with Gasteiger partial charge in [-0.2, -0.15) is 0 Å². The molecule has 1 aromatic rings. The van der Waals surface area contributed by atoms with E-state index in [0.29, 0.717) is 29.5 Å². The van der Waals surface area contributed by atoms with Crippen LogP contribution in [0.4, 0.5) is 0 Å². The Morgan fingerprint density at radius 1 is 1.33 bits per heavy atom. The lowest BCUT2D eigenvalue weighted by atomic mass is 10.1. The summed E-state index contributed by atoms with van der Waals surface area (Å²) in [6.07, 6.45) is 2.28. The van der Waals surface area contributed by atoms with Crippen molar-refractivity contribution in [3.8, 4) is 11.5 Å². The molecule has 0 aromatic heterocycles. The minimum absolute atomic E-state index is 0. The maximum Gasteiger partial charge on any atom is 0.251 e. The Labute approximate surface area is 131 Å². The van der Waals surface area contributed by atoms with E-state index >= 15 is 0 Å². The van der Waals surface area contributed by atoms with E-state index in [4.69, 9.17) is 15.2 Å². The average Bonchev–Trinajstić information content (AvgIpc) is 3.29. The summed E-state index contributed by atoms with van der Waals surface area (Å²) in [5, 5.41) is 2.99. The highest BCUT2D eigenvalue weighted by atomic mass is 35.5. The van der Waals surface area contributed by atoms with Gasteiger partial charge in [0, 0.05) is 23.7 Å². The van der Waals surface area contributed by atoms with Gasteiger partial charge in [-0.25, -0.2) is 0 Å². The lowest BCUT2D eigenvalue weighted by Gasteiger charge is -2.17. The highest BCUT2D eigenvalue weighted by Gasteiger charge is 2.31. The molecule has 21 heavy (non-hydrogen) atoms. The molecule has 1 unspecified atom stereocenters. The van der Waals surface area contributed by atoms with Crippen LogP contribution in [0.15, 0.2) is 12.1 Å². The minimum atomic E-state index is -0.135. The van der Waals surface area contributed by atoms with Gasteiger partial charge in [0.05, 0.1) is 14.2 Å². The molecule has 0 aliphatic heterocycles. The van der Waals surface area contributed by atoms with E-state index in [1.165, 1.54) is 0 Å². The topological polar surface area (TPSA) is 73.6 Å². The van der Waals surface area contributed by atoms with E-state index in [-0.39, 0.29) is 24.4 Å². The molecule has 2 rings (SSSR count). The molecule has 1 fully saturated rings. The quantitative estimate of drug-likeness (QED) is 0.841. The van der Waals surface area contributed by atoms with Crippen molar-refractivity contribution in [3.63, 3.8) is 0 Å². The molecule has 1 aliphatic rings. The van der Waals surface area contributed by atoms with Crippen molar-refractivity contribution in [1.82, 2.24) is 5.32 Å². The minimum Gasteiger partial charge on any atom is -0.496 e. The summed E-state index contributed by atoms with van der Waals surface area (Å²) >= 11 is 0. The Morgan fingerprint density at radius 2 is 1.86 bits per heavy atom. The van der Waals surface area contributed by atoms with Crippen molar-refractivity contribution in [2.45, 2.75) is 25.8 Å². The standard InChI is InChI=1S/C15H22N2O3.ClH/c1-9-13(19-2)6-11(7-14(9)20-3)15(18)17-12(8-16)10-4-5-10;/h6-7,10,12H,4-5,8,16H2,1-3H3,(H,17,18);1H. The fourth-order valence-electron chi connectivity index (χ4n) is 2.34. The van der Waals surface area contributed by atoms with E-state index < -0.39 is 0 Å². The number of hydrogen-bond acceptors (Lipinski definition) is 4. The summed E-state index contributed by atoms with van der Waals surface area (Å²) in [5.41, 5.74) is 7.12. The van der Waals surface area contributed by atoms with Crippen molar-refractivity contribution in [2.75, 3.05) is 20.8 Å². The number of amides is 1. The molecule has 1 atom stereocenters. The molecule has 0 heterocycles. The van der Waals surface area contributed by atoms with E-state index in [9.17, 15) is 4.79 Å². The lowest BCUT2D eigenvalue weighted by Crippen LogP contribution is -2.41. The molecule has 1 aliphatic carbocycles. The average molecular weight is 315 g/mol. The van der Waals surface area contributed by atoms with Gasteiger partial charge in [0.1, 0.15) is 11.5 Å². The molecule has 5 nitrogen and oxygen atoms in total. The molecule has 1 amide bonds. The van der Waals surface area contributed by atoms with E-state index in [1.807, 2.05) is 6.92 Å². The molecule has 0 spiro atoms. The molecular weight excluding hydrogens is 292 g/mol. The predicted molar refractivity (Wildman–Crippen MR) is 84.6 cm³/mol. The fraction of sp³-hybridized carbons (Fsp3) is 0.533. The zero-order chi connectivity index (χ0) is 14.7. The highest BCUT2D eigenvalue weighted by molar-refractivity contribution is 5.95. The van der Waals surface area contributed by atoms with Crippen LogP contribution in [-0.4, -0.2) is 32.7 Å². The zero-order valence-electron chi connectivity index (χ0n) is 12.6. The fourth-order valence-corrected chi connectivity index (χ4v) is 2.34. The smallest absolute Gasteiger partial charge is 0.251 e. The van der Waals surface area contributed by atoms with Gasteiger partial charge in [0.2, 0.25) is 0 Å². The van der Waals surface area contributed by atoms with Crippen molar-refractivity contribution in [1.29, 1.82) is 0 Å². The number of benzene rings is 1. The van der Waals surface area contributed by atoms with Crippen LogP contribution >= 0.6 is 12.4 Å². The predicted octanol–water partition coefficient (Wildman–Crippen LogP) is 1.90. The number of methoxy groups -OCH3 is 2. The van der Waals surface area contributed by atoms with Crippen LogP contribution in [-0.2, 0) is 0 Å². The second kappa shape index (κ2) is 7.52. The third kappa shape index (κ3) is 4.02. The van der Waals surface area contributed by atoms with Crippen molar-refractivity contribution in [3.05, 3.63) is 23.3 Å². The number of halogens is 1. The number of nitrogens with one attached hydrogen (secondary N) is 1. The van der Waals surface area contributed by atoms with E-state index in [0.717, 1.165) is 18.4 Å². The van der Waals surface area contributed by atoms with Gasteiger partial charge in [-0.15, -0.1) is 12.4 Å². The maximum atomic E-state index is 12.3. The number of rotatable bonds is 6. The van der Waals surface area contributed by atoms with E-state index in [1.54, 1.807) is 26.4 Å². The molecular formula is C15H23ClN2O3. The van der Waals surface area contributed by atoms with Crippen molar-refractivity contribution < 1.29 is 14.3 Å². The van der Waals surface area contributed by atoms with Crippen LogP contribution in [0.5, 0.6) is 11.5 Å². The zero-order valence-corrected chi connectivity index (χ0v) is 13.5. The van der Waals surface area contributed by atoms with Gasteiger partial charge in [0.25, 0.3) is 5.91 Å². The molecule has 1 saturated carbocycles. The molecule has 1 aromatic carbocycles. The first-order chi connectivity index (χ1) is 9.60. The van der Waals surface area contributed by atoms with Gasteiger partial charge < -0.3 is 20.5 Å². The van der Waals surface area contributed by atoms with Gasteiger partial charge in [-0.05, 0) is 37.8 Å². The molecule has 6 heteroatoms. The first-order valence-corrected chi connectivity index (χ1v) is 6.84. The second-order valence-electron chi connectivity index (χ2n) is 5.16. The van der Waals surface area contributed by atoms with Crippen LogP contribution < -0.4 is 20.5 Å². The van der Waals surface area contributed by atoms with Gasteiger partial charge in [0.15, 0.2) is 0 Å². The Balaban J connectivity index is 0.00000220. The number of carbonyl (C=O) groups excluding carboxylic acids is 1. The molecule has 3 N–H and O–H groups in total. The van der Waals surface area contributed by atoms with Gasteiger partial charge in [-0.1, -0.05) is 0 Å². The number of carbonyl (C=O) groups is 1. The van der Waals surface area contributed by atoms with Crippen molar-refractivity contribution in [2.24, 2.45) is 11.7 Å². The Hall–Kier alpha value is -1.46. The number of nitrogens with two attached hydrogens (primary N) is 1. The Bertz CT molecular complexity index is 479. The van der Waals surface area contributed by atoms with Crippen LogP contribution in [0.2, 0.25) is 0 Å². The largest absolute Gasteiger partial charge is 0.496 e. The number of ether oxygens (including phenoxy) is 2. The summed E-state index contributed by atoms with van der Waals surface area (Å²) in [4.78, 5) is 12.3. The summed E-state index contributed by atoms with van der Waals surface area (Å²) in [7, 11) is 3.16. The van der Waals surface area contributed by atoms with Crippen LogP contribution in [0.1, 0.15) is 28.8 Å². The normalized spacial score (nSPS) is 14.9. The third-order valence-electron chi connectivity index (χ3n) is 3.78. The molecule has 0 saturated heterocycles. The van der Waals surface area contributed by atoms with Crippen molar-refractivity contribution >= 4 is 18.3 Å². The molecule has 0 radical (unpaired) electrons. The molecule has 0 bridgehead atoms. The number of hydrogen-bond donors (Lipinski definition) is 2. The summed E-state index contributed by atoms with van der Waals surface area (Å²) < 4.78 is 10.6. The molecule has 118 valence electrons. The summed E-state index contributed by atoms with van der Waals surface area (Å²) in [5.74, 6) is 1.68. The first-order valence-electron chi connectivity index (χ1n) is 6.84. The maximum absolute atomic E-state index is 12.3. The second-order valence-corrected chi connectivity index (χ2v) is 5.16. The van der Waals surface area contributed by atoms with Gasteiger partial charge >= 0.3 is 0 Å². The lowest BCUT2D eigenvalue weighted by molar-refractivity contribution is 0.0932. The Kier molecular flexibility index (Phi) is 6.30. The summed E-state index contributed by atoms with van der Waals surface area (Å²) in [6, 6.07) is 3.52.